The highest BCUT2D eigenvalue weighted by molar-refractivity contribution is 5.78. The van der Waals surface area contributed by atoms with Crippen LogP contribution in [0.25, 0.3) is 0 Å². The van der Waals surface area contributed by atoms with E-state index in [-0.39, 0.29) is 11.8 Å². The first-order valence-electron chi connectivity index (χ1n) is 10.4. The molecule has 1 aliphatic heterocycles. The predicted molar refractivity (Wildman–Crippen MR) is 114 cm³/mol. The summed E-state index contributed by atoms with van der Waals surface area (Å²) in [5.74, 6) is 1.85. The second kappa shape index (κ2) is 10.3. The molecule has 2 aromatic carbocycles. The van der Waals surface area contributed by atoms with Gasteiger partial charge in [-0.05, 0) is 37.0 Å². The SMILES string of the molecule is COc1ccc(CCN(C)C(=O)[C@H]2CCC[NH+](Cc3ccccc3)C2)cc1OC. The van der Waals surface area contributed by atoms with Crippen molar-refractivity contribution in [3.63, 3.8) is 0 Å². The van der Waals surface area contributed by atoms with Gasteiger partial charge in [0.15, 0.2) is 11.5 Å². The average molecular weight is 398 g/mol. The van der Waals surface area contributed by atoms with E-state index in [1.807, 2.05) is 30.1 Å². The number of piperidine rings is 1. The molecule has 156 valence electrons. The van der Waals surface area contributed by atoms with Crippen molar-refractivity contribution in [2.75, 3.05) is 40.9 Å². The number of amides is 1. The van der Waals surface area contributed by atoms with E-state index in [0.717, 1.165) is 56.0 Å². The predicted octanol–water partition coefficient (Wildman–Crippen LogP) is 2.20. The van der Waals surface area contributed by atoms with E-state index in [9.17, 15) is 4.79 Å². The Balaban J connectivity index is 1.52. The topological polar surface area (TPSA) is 43.2 Å². The fraction of sp³-hybridized carbons (Fsp3) is 0.458. The first-order valence-corrected chi connectivity index (χ1v) is 10.4. The monoisotopic (exact) mass is 397 g/mol. The normalized spacial score (nSPS) is 18.9. The largest absolute Gasteiger partial charge is 0.493 e. The molecular weight excluding hydrogens is 364 g/mol. The van der Waals surface area contributed by atoms with Gasteiger partial charge in [0, 0.05) is 19.2 Å². The number of nitrogens with zero attached hydrogens (tertiary/aromatic N) is 1. The van der Waals surface area contributed by atoms with Gasteiger partial charge in [0.1, 0.15) is 6.54 Å². The second-order valence-corrected chi connectivity index (χ2v) is 7.90. The van der Waals surface area contributed by atoms with Gasteiger partial charge < -0.3 is 19.3 Å². The summed E-state index contributed by atoms with van der Waals surface area (Å²) in [6.07, 6.45) is 2.91. The van der Waals surface area contributed by atoms with Crippen molar-refractivity contribution in [2.45, 2.75) is 25.8 Å². The molecule has 0 radical (unpaired) electrons. The maximum atomic E-state index is 13.0. The van der Waals surface area contributed by atoms with Gasteiger partial charge in [-0.3, -0.25) is 4.79 Å². The number of carbonyl (C=O) groups is 1. The van der Waals surface area contributed by atoms with Gasteiger partial charge in [-0.2, -0.15) is 0 Å². The molecule has 1 unspecified atom stereocenters. The molecule has 0 saturated carbocycles. The van der Waals surface area contributed by atoms with Crippen LogP contribution < -0.4 is 14.4 Å². The van der Waals surface area contributed by atoms with Crippen molar-refractivity contribution < 1.29 is 19.2 Å². The summed E-state index contributed by atoms with van der Waals surface area (Å²) in [4.78, 5) is 16.4. The average Bonchev–Trinajstić information content (AvgIpc) is 2.77. The number of ether oxygens (including phenoxy) is 2. The Bertz CT molecular complexity index is 794. The molecule has 0 aliphatic carbocycles. The summed E-state index contributed by atoms with van der Waals surface area (Å²) >= 11 is 0. The zero-order valence-corrected chi connectivity index (χ0v) is 17.8. The molecule has 5 nitrogen and oxygen atoms in total. The lowest BCUT2D eigenvalue weighted by atomic mass is 9.96. The molecule has 0 spiro atoms. The molecule has 1 N–H and O–H groups in total. The van der Waals surface area contributed by atoms with Crippen molar-refractivity contribution in [1.29, 1.82) is 0 Å². The molecule has 29 heavy (non-hydrogen) atoms. The third-order valence-corrected chi connectivity index (χ3v) is 5.82. The summed E-state index contributed by atoms with van der Waals surface area (Å²) in [5, 5.41) is 0. The maximum Gasteiger partial charge on any atom is 0.231 e. The number of methoxy groups -OCH3 is 2. The smallest absolute Gasteiger partial charge is 0.231 e. The fourth-order valence-corrected chi connectivity index (χ4v) is 4.16. The van der Waals surface area contributed by atoms with Crippen molar-refractivity contribution in [3.05, 3.63) is 59.7 Å². The Morgan fingerprint density at radius 1 is 1.07 bits per heavy atom. The molecule has 0 bridgehead atoms. The molecule has 1 heterocycles. The van der Waals surface area contributed by atoms with Crippen LogP contribution in [0.4, 0.5) is 0 Å². The van der Waals surface area contributed by atoms with Crippen LogP contribution >= 0.6 is 0 Å². The van der Waals surface area contributed by atoms with Crippen molar-refractivity contribution in [2.24, 2.45) is 5.92 Å². The van der Waals surface area contributed by atoms with Crippen molar-refractivity contribution in [3.8, 4) is 11.5 Å². The van der Waals surface area contributed by atoms with E-state index in [2.05, 4.69) is 30.3 Å². The molecule has 1 amide bonds. The number of benzene rings is 2. The highest BCUT2D eigenvalue weighted by atomic mass is 16.5. The van der Waals surface area contributed by atoms with Gasteiger partial charge in [-0.25, -0.2) is 0 Å². The van der Waals surface area contributed by atoms with E-state index < -0.39 is 0 Å². The Hall–Kier alpha value is -2.53. The Morgan fingerprint density at radius 3 is 2.55 bits per heavy atom. The lowest BCUT2D eigenvalue weighted by Gasteiger charge is -2.31. The third kappa shape index (κ3) is 5.73. The van der Waals surface area contributed by atoms with E-state index >= 15 is 0 Å². The van der Waals surface area contributed by atoms with Crippen molar-refractivity contribution >= 4 is 5.91 Å². The van der Waals surface area contributed by atoms with Gasteiger partial charge in [0.25, 0.3) is 0 Å². The number of carbonyl (C=O) groups excluding carboxylic acids is 1. The van der Waals surface area contributed by atoms with Gasteiger partial charge in [-0.15, -0.1) is 0 Å². The van der Waals surface area contributed by atoms with Crippen LogP contribution in [0.2, 0.25) is 0 Å². The summed E-state index contributed by atoms with van der Waals surface area (Å²) in [6, 6.07) is 16.5. The minimum Gasteiger partial charge on any atom is -0.493 e. The van der Waals surface area contributed by atoms with E-state index in [1.54, 1.807) is 14.2 Å². The number of quaternary nitrogens is 1. The Morgan fingerprint density at radius 2 is 1.83 bits per heavy atom. The zero-order valence-electron chi connectivity index (χ0n) is 17.8. The number of nitrogens with one attached hydrogen (secondary N) is 1. The number of likely N-dealkylation sites (N-methyl/N-ethyl adjacent to an activating group) is 1. The lowest BCUT2D eigenvalue weighted by Crippen LogP contribution is -3.12. The van der Waals surface area contributed by atoms with Crippen LogP contribution in [-0.2, 0) is 17.8 Å². The molecule has 5 heteroatoms. The van der Waals surface area contributed by atoms with E-state index in [0.29, 0.717) is 6.54 Å². The Labute approximate surface area is 174 Å². The standard InChI is InChI=1S/C24H32N2O3/c1-25(15-13-19-11-12-22(28-2)23(16-19)29-3)24(27)21-10-7-14-26(18-21)17-20-8-5-4-6-9-20/h4-6,8-9,11-12,16,21H,7,10,13-15,17-18H2,1-3H3/p+1/t21-/m0/s1. The van der Waals surface area contributed by atoms with E-state index in [4.69, 9.17) is 9.47 Å². The van der Waals surface area contributed by atoms with Gasteiger partial charge >= 0.3 is 0 Å². The van der Waals surface area contributed by atoms with Gasteiger partial charge in [0.2, 0.25) is 5.91 Å². The minimum atomic E-state index is 0.123. The second-order valence-electron chi connectivity index (χ2n) is 7.90. The number of likely N-dealkylation sites (tertiary alicyclic amines) is 1. The van der Waals surface area contributed by atoms with Crippen LogP contribution in [0, 0.1) is 5.92 Å². The molecule has 1 fully saturated rings. The van der Waals surface area contributed by atoms with E-state index in [1.165, 1.54) is 10.5 Å². The van der Waals surface area contributed by atoms with Crippen molar-refractivity contribution in [1.82, 2.24) is 4.90 Å². The third-order valence-electron chi connectivity index (χ3n) is 5.82. The van der Waals surface area contributed by atoms with Gasteiger partial charge in [-0.1, -0.05) is 36.4 Å². The molecule has 2 atom stereocenters. The van der Waals surface area contributed by atoms with Gasteiger partial charge in [0.05, 0.1) is 33.2 Å². The maximum absolute atomic E-state index is 13.0. The summed E-state index contributed by atoms with van der Waals surface area (Å²) in [7, 11) is 5.20. The molecule has 3 rings (SSSR count). The molecule has 1 aliphatic rings. The first kappa shape index (κ1) is 21.2. The number of rotatable bonds is 8. The fourth-order valence-electron chi connectivity index (χ4n) is 4.16. The minimum absolute atomic E-state index is 0.123. The lowest BCUT2D eigenvalue weighted by molar-refractivity contribution is -0.921. The Kier molecular flexibility index (Phi) is 7.53. The molecule has 2 aromatic rings. The number of hydrogen-bond acceptors (Lipinski definition) is 3. The molecule has 1 saturated heterocycles. The van der Waals surface area contributed by atoms with Crippen LogP contribution in [0.3, 0.4) is 0 Å². The van der Waals surface area contributed by atoms with Crippen LogP contribution in [-0.4, -0.2) is 51.7 Å². The van der Waals surface area contributed by atoms with Crippen LogP contribution in [0.1, 0.15) is 24.0 Å². The number of hydrogen-bond donors (Lipinski definition) is 1. The van der Waals surface area contributed by atoms with Crippen LogP contribution in [0.15, 0.2) is 48.5 Å². The molecular formula is C24H33N2O3+. The summed E-state index contributed by atoms with van der Waals surface area (Å²) in [6.45, 7) is 3.78. The molecule has 0 aromatic heterocycles. The zero-order chi connectivity index (χ0) is 20.6. The first-order chi connectivity index (χ1) is 14.1. The summed E-state index contributed by atoms with van der Waals surface area (Å²) < 4.78 is 10.7. The van der Waals surface area contributed by atoms with Crippen LogP contribution in [0.5, 0.6) is 11.5 Å². The quantitative estimate of drug-likeness (QED) is 0.743. The highest BCUT2D eigenvalue weighted by Gasteiger charge is 2.30. The summed E-state index contributed by atoms with van der Waals surface area (Å²) in [5.41, 5.74) is 2.49. The highest BCUT2D eigenvalue weighted by Crippen LogP contribution is 2.27.